The number of carbonyl (C=O) groups excluding carboxylic acids is 1. The molecular formula is C21H25ClN4O2. The number of halogens is 1. The number of hydrogen-bond donors (Lipinski definition) is 1. The van der Waals surface area contributed by atoms with Crippen LogP contribution >= 0.6 is 11.6 Å². The number of nitrogens with zero attached hydrogens (tertiary/aromatic N) is 4. The maximum Gasteiger partial charge on any atom is 0.233 e. The lowest BCUT2D eigenvalue weighted by Crippen LogP contribution is -2.50. The highest BCUT2D eigenvalue weighted by Crippen LogP contribution is 2.48. The Hall–Kier alpha value is -1.92. The second kappa shape index (κ2) is 6.85. The molecule has 2 aromatic rings. The monoisotopic (exact) mass is 400 g/mol. The lowest BCUT2D eigenvalue weighted by Gasteiger charge is -2.43. The maximum absolute atomic E-state index is 13.6. The van der Waals surface area contributed by atoms with Gasteiger partial charge in [0.15, 0.2) is 0 Å². The van der Waals surface area contributed by atoms with Crippen molar-refractivity contribution in [3.63, 3.8) is 0 Å². The fraction of sp³-hybridized carbons (Fsp3) is 0.571. The van der Waals surface area contributed by atoms with Gasteiger partial charge in [-0.2, -0.15) is 5.10 Å². The van der Waals surface area contributed by atoms with E-state index in [2.05, 4.69) is 15.0 Å². The molecule has 2 aliphatic carbocycles. The van der Waals surface area contributed by atoms with Gasteiger partial charge in [0.2, 0.25) is 5.91 Å². The van der Waals surface area contributed by atoms with Crippen LogP contribution in [0, 0.1) is 11.8 Å². The zero-order valence-electron chi connectivity index (χ0n) is 15.7. The molecule has 0 unspecified atom stereocenters. The summed E-state index contributed by atoms with van der Waals surface area (Å²) in [6, 6.07) is 7.73. The van der Waals surface area contributed by atoms with Crippen LogP contribution in [0.5, 0.6) is 0 Å². The molecule has 7 heteroatoms. The van der Waals surface area contributed by atoms with Gasteiger partial charge in [-0.15, -0.1) is 0 Å². The topological polar surface area (TPSA) is 71.2 Å². The summed E-state index contributed by atoms with van der Waals surface area (Å²) in [5.74, 6) is 1.02. The molecule has 3 fully saturated rings. The van der Waals surface area contributed by atoms with E-state index >= 15 is 0 Å². The summed E-state index contributed by atoms with van der Waals surface area (Å²) < 4.78 is 1.77. The van der Waals surface area contributed by atoms with Gasteiger partial charge in [-0.25, -0.2) is 9.67 Å². The number of aliphatic hydroxyl groups excluding tert-OH is 1. The number of carbonyl (C=O) groups is 1. The summed E-state index contributed by atoms with van der Waals surface area (Å²) in [5.41, 5.74) is 0.700. The average molecular weight is 401 g/mol. The molecule has 4 atom stereocenters. The van der Waals surface area contributed by atoms with Gasteiger partial charge in [0.1, 0.15) is 12.7 Å². The van der Waals surface area contributed by atoms with E-state index < -0.39 is 6.10 Å². The molecule has 0 bridgehead atoms. The smallest absolute Gasteiger partial charge is 0.233 e. The van der Waals surface area contributed by atoms with E-state index in [4.69, 9.17) is 11.6 Å². The van der Waals surface area contributed by atoms with Crippen molar-refractivity contribution in [2.45, 2.75) is 49.7 Å². The van der Waals surface area contributed by atoms with E-state index in [-0.39, 0.29) is 17.4 Å². The van der Waals surface area contributed by atoms with Crippen molar-refractivity contribution in [1.29, 1.82) is 0 Å². The third kappa shape index (κ3) is 2.85. The maximum atomic E-state index is 13.6. The lowest BCUT2D eigenvalue weighted by molar-refractivity contribution is -0.140. The van der Waals surface area contributed by atoms with E-state index in [1.54, 1.807) is 11.0 Å². The van der Waals surface area contributed by atoms with Gasteiger partial charge in [0.05, 0.1) is 17.6 Å². The highest BCUT2D eigenvalue weighted by molar-refractivity contribution is 6.30. The van der Waals surface area contributed by atoms with Gasteiger partial charge >= 0.3 is 0 Å². The van der Waals surface area contributed by atoms with E-state index in [1.807, 2.05) is 24.3 Å². The molecule has 3 aliphatic rings. The minimum Gasteiger partial charge on any atom is -0.391 e. The first-order chi connectivity index (χ1) is 13.6. The second-order valence-corrected chi connectivity index (χ2v) is 9.09. The molecule has 1 aromatic carbocycles. The van der Waals surface area contributed by atoms with Crippen LogP contribution < -0.4 is 0 Å². The molecule has 5 rings (SSSR count). The number of amides is 1. The molecule has 6 nitrogen and oxygen atoms in total. The van der Waals surface area contributed by atoms with E-state index in [0.29, 0.717) is 23.3 Å². The first kappa shape index (κ1) is 18.1. The van der Waals surface area contributed by atoms with Crippen LogP contribution in [0.3, 0.4) is 0 Å². The van der Waals surface area contributed by atoms with Gasteiger partial charge in [0, 0.05) is 18.1 Å². The molecule has 2 saturated carbocycles. The molecule has 1 N–H and O–H groups in total. The number of rotatable bonds is 3. The third-order valence-electron chi connectivity index (χ3n) is 7.19. The number of likely N-dealkylation sites (tertiary alicyclic amines) is 1. The highest BCUT2D eigenvalue weighted by atomic mass is 35.5. The van der Waals surface area contributed by atoms with Crippen molar-refractivity contribution in [3.05, 3.63) is 47.5 Å². The normalized spacial score (nSPS) is 31.3. The summed E-state index contributed by atoms with van der Waals surface area (Å²) in [5, 5.41) is 15.6. The molecule has 148 valence electrons. The Bertz CT molecular complexity index is 850. The van der Waals surface area contributed by atoms with Crippen LogP contribution in [0.25, 0.3) is 0 Å². The van der Waals surface area contributed by atoms with Crippen molar-refractivity contribution >= 4 is 17.5 Å². The number of benzene rings is 1. The Kier molecular flexibility index (Phi) is 4.43. The van der Waals surface area contributed by atoms with Gasteiger partial charge < -0.3 is 10.0 Å². The number of aromatic nitrogens is 3. The zero-order valence-corrected chi connectivity index (χ0v) is 16.5. The lowest BCUT2D eigenvalue weighted by atomic mass is 9.63. The van der Waals surface area contributed by atoms with Crippen molar-refractivity contribution in [1.82, 2.24) is 19.7 Å². The predicted molar refractivity (Wildman–Crippen MR) is 105 cm³/mol. The van der Waals surface area contributed by atoms with Crippen molar-refractivity contribution < 1.29 is 9.90 Å². The van der Waals surface area contributed by atoms with Crippen LogP contribution in [0.4, 0.5) is 0 Å². The molecule has 1 aromatic heterocycles. The molecule has 1 amide bonds. The molecule has 1 aliphatic heterocycles. The fourth-order valence-electron chi connectivity index (χ4n) is 5.47. The molecule has 2 heterocycles. The minimum atomic E-state index is -0.438. The highest BCUT2D eigenvalue weighted by Gasteiger charge is 2.51. The summed E-state index contributed by atoms with van der Waals surface area (Å²) >= 11 is 6.05. The fourth-order valence-corrected chi connectivity index (χ4v) is 5.60. The Morgan fingerprint density at radius 1 is 1.14 bits per heavy atom. The summed E-state index contributed by atoms with van der Waals surface area (Å²) in [6.45, 7) is 1.52. The minimum absolute atomic E-state index is 0.0484. The molecule has 0 spiro atoms. The van der Waals surface area contributed by atoms with Crippen molar-refractivity contribution in [3.8, 4) is 0 Å². The number of hydrogen-bond acceptors (Lipinski definition) is 4. The average Bonchev–Trinajstić information content (AvgIpc) is 3.30. The van der Waals surface area contributed by atoms with Crippen LogP contribution in [0.15, 0.2) is 36.9 Å². The van der Waals surface area contributed by atoms with Crippen LogP contribution in [-0.4, -0.2) is 49.9 Å². The molecule has 0 radical (unpaired) electrons. The van der Waals surface area contributed by atoms with E-state index in [9.17, 15) is 9.90 Å². The van der Waals surface area contributed by atoms with Gasteiger partial charge in [-0.3, -0.25) is 4.79 Å². The van der Waals surface area contributed by atoms with Gasteiger partial charge in [-0.05, 0) is 55.2 Å². The predicted octanol–water partition coefficient (Wildman–Crippen LogP) is 2.82. The van der Waals surface area contributed by atoms with E-state index in [1.165, 1.54) is 6.33 Å². The quantitative estimate of drug-likeness (QED) is 0.859. The Morgan fingerprint density at radius 2 is 1.86 bits per heavy atom. The Labute approximate surface area is 169 Å². The first-order valence-corrected chi connectivity index (χ1v) is 10.5. The Balaban J connectivity index is 1.34. The number of fused-ring (bicyclic) bond motifs is 1. The van der Waals surface area contributed by atoms with Crippen molar-refractivity contribution in [2.24, 2.45) is 11.8 Å². The van der Waals surface area contributed by atoms with E-state index in [0.717, 1.165) is 44.3 Å². The van der Waals surface area contributed by atoms with Crippen LogP contribution in [-0.2, 0) is 10.2 Å². The SMILES string of the molecule is O=C(N1C[C@H]2C[C@@H](n3cncn3)[C@H](O)C[C@H]2C1)C1(c2ccc(Cl)cc2)CCC1. The van der Waals surface area contributed by atoms with Gasteiger partial charge in [0.25, 0.3) is 0 Å². The molecule has 1 saturated heterocycles. The first-order valence-electron chi connectivity index (χ1n) is 10.1. The van der Waals surface area contributed by atoms with Crippen molar-refractivity contribution in [2.75, 3.05) is 13.1 Å². The van der Waals surface area contributed by atoms with Crippen LogP contribution in [0.2, 0.25) is 5.02 Å². The number of aliphatic hydroxyl groups is 1. The van der Waals surface area contributed by atoms with Gasteiger partial charge in [-0.1, -0.05) is 30.2 Å². The summed E-state index contributed by atoms with van der Waals surface area (Å²) in [4.78, 5) is 19.6. The third-order valence-corrected chi connectivity index (χ3v) is 7.44. The standard InChI is InChI=1S/C21H25ClN4O2/c22-17-4-2-16(3-5-17)21(6-1-7-21)20(28)25-10-14-8-18(26-13-23-12-24-26)19(27)9-15(14)11-25/h2-5,12-15,18-19,27H,1,6-11H2/t14-,15+,18-,19-/m1/s1. The molecule has 28 heavy (non-hydrogen) atoms. The summed E-state index contributed by atoms with van der Waals surface area (Å²) in [7, 11) is 0. The Morgan fingerprint density at radius 3 is 2.46 bits per heavy atom. The largest absolute Gasteiger partial charge is 0.391 e. The van der Waals surface area contributed by atoms with Crippen LogP contribution in [0.1, 0.15) is 43.7 Å². The zero-order chi connectivity index (χ0) is 19.3. The molecular weight excluding hydrogens is 376 g/mol. The summed E-state index contributed by atoms with van der Waals surface area (Å²) in [6.07, 6.45) is 7.20. The second-order valence-electron chi connectivity index (χ2n) is 8.65.